The molecule has 13 heteroatoms. The second-order valence-electron chi connectivity index (χ2n) is 11.7. The molecule has 1 saturated carbocycles. The molecule has 0 heterocycles. The Morgan fingerprint density at radius 1 is 1.05 bits per heavy atom. The van der Waals surface area contributed by atoms with E-state index in [1.807, 2.05) is 0 Å². The van der Waals surface area contributed by atoms with Crippen molar-refractivity contribution < 1.29 is 39.2 Å². The molecule has 13 nitrogen and oxygen atoms in total. The Labute approximate surface area is 253 Å². The number of likely N-dealkylation sites (N-methyl/N-ethyl adjacent to an activating group) is 1. The van der Waals surface area contributed by atoms with Crippen molar-refractivity contribution in [1.29, 1.82) is 0 Å². The highest BCUT2D eigenvalue weighted by Crippen LogP contribution is 2.53. The predicted molar refractivity (Wildman–Crippen MR) is 163 cm³/mol. The number of aliphatic hydroxyl groups excluding tert-OH is 1. The Bertz CT molecular complexity index is 1650. The number of fused-ring (bicyclic) bond motifs is 3. The third-order valence-corrected chi connectivity index (χ3v) is 8.68. The number of nitrogens with two attached hydrogens (primary N) is 1. The van der Waals surface area contributed by atoms with Crippen LogP contribution < -0.4 is 26.0 Å². The molecule has 0 radical (unpaired) electrons. The van der Waals surface area contributed by atoms with E-state index < -0.39 is 64.1 Å². The monoisotopic (exact) mass is 605 g/mol. The van der Waals surface area contributed by atoms with E-state index >= 15 is 0 Å². The third kappa shape index (κ3) is 4.74. The number of aromatic hydroxyl groups is 1. The highest BCUT2D eigenvalue weighted by molar-refractivity contribution is 6.32. The first kappa shape index (κ1) is 30.6. The first-order chi connectivity index (χ1) is 20.7. The molecule has 0 aliphatic heterocycles. The van der Waals surface area contributed by atoms with Gasteiger partial charge in [0.2, 0.25) is 11.6 Å². The molecule has 0 unspecified atom stereocenters. The fourth-order valence-corrected chi connectivity index (χ4v) is 6.56. The molecule has 0 aromatic heterocycles. The van der Waals surface area contributed by atoms with Crippen LogP contribution in [0.2, 0.25) is 0 Å². The largest absolute Gasteiger partial charge is 0.507 e. The van der Waals surface area contributed by atoms with Gasteiger partial charge in [-0.2, -0.15) is 0 Å². The van der Waals surface area contributed by atoms with Gasteiger partial charge in [0.25, 0.3) is 5.91 Å². The standard InChI is InChI=1S/C31H35N5O8/c1-35(2)21-13-20(34-30(42)33-15-6-8-16(44-5)9-7-15)25(37)24-17(21)10-14-11-19-22(36(3)4)12-18(29(32)41)27(39)31(19,43)28(40)23(14)26(24)38/h6-9,12-14,19,22,37-38,43H,10-11H2,1-5H3,(H2,32,41)(H2,33,34,42)/t14-,19-,22+,31+/m0/s1. The summed E-state index contributed by atoms with van der Waals surface area (Å²) in [5.41, 5.74) is 3.46. The summed E-state index contributed by atoms with van der Waals surface area (Å²) in [5.74, 6) is -5.30. The number of ether oxygens (including phenoxy) is 1. The number of anilines is 3. The number of Topliss-reactive ketones (excluding diaryl/α,β-unsaturated/α-hetero) is 2. The molecule has 3 aliphatic rings. The quantitative estimate of drug-likeness (QED) is 0.161. The average Bonchev–Trinajstić information content (AvgIpc) is 2.96. The third-order valence-electron chi connectivity index (χ3n) is 8.68. The Kier molecular flexibility index (Phi) is 7.64. The van der Waals surface area contributed by atoms with E-state index in [-0.39, 0.29) is 29.7 Å². The summed E-state index contributed by atoms with van der Waals surface area (Å²) in [7, 11) is 8.42. The normalized spacial score (nSPS) is 24.2. The average molecular weight is 606 g/mol. The smallest absolute Gasteiger partial charge is 0.323 e. The van der Waals surface area contributed by atoms with Crippen molar-refractivity contribution in [2.75, 3.05) is 50.8 Å². The summed E-state index contributed by atoms with van der Waals surface area (Å²) in [4.78, 5) is 55.9. The first-order valence-electron chi connectivity index (χ1n) is 13.9. The number of phenols is 1. The minimum absolute atomic E-state index is 0.0516. The minimum Gasteiger partial charge on any atom is -0.507 e. The highest BCUT2D eigenvalue weighted by atomic mass is 16.5. The number of nitrogens with one attached hydrogen (secondary N) is 2. The number of amides is 3. The molecule has 4 atom stereocenters. The van der Waals surface area contributed by atoms with Crippen LogP contribution in [0.5, 0.6) is 11.5 Å². The Balaban J connectivity index is 1.58. The highest BCUT2D eigenvalue weighted by Gasteiger charge is 2.63. The van der Waals surface area contributed by atoms with Gasteiger partial charge in [0.05, 0.1) is 23.9 Å². The Morgan fingerprint density at radius 3 is 2.27 bits per heavy atom. The summed E-state index contributed by atoms with van der Waals surface area (Å²) in [6, 6.07) is 6.79. The summed E-state index contributed by atoms with van der Waals surface area (Å²) in [5, 5.41) is 40.0. The lowest BCUT2D eigenvalue weighted by molar-refractivity contribution is -0.160. The van der Waals surface area contributed by atoms with Crippen LogP contribution in [-0.4, -0.2) is 90.7 Å². The SMILES string of the molecule is COc1ccc(NC(=O)Nc2cc(N(C)C)c3c(c2O)C(O)=C2C(=O)[C@]4(O)C(=O)C(C(N)=O)=C[C@@H](N(C)C)[C@@H]4C[C@@H]2C3)cc1. The van der Waals surface area contributed by atoms with Crippen LogP contribution in [0.15, 0.2) is 47.6 Å². The van der Waals surface area contributed by atoms with Gasteiger partial charge in [-0.15, -0.1) is 0 Å². The lowest BCUT2D eigenvalue weighted by Crippen LogP contribution is -2.65. The van der Waals surface area contributed by atoms with E-state index in [1.165, 1.54) is 13.2 Å². The number of aliphatic hydroxyl groups is 2. The van der Waals surface area contributed by atoms with Gasteiger partial charge in [-0.3, -0.25) is 14.4 Å². The summed E-state index contributed by atoms with van der Waals surface area (Å²) in [6.45, 7) is 0. The summed E-state index contributed by atoms with van der Waals surface area (Å²) < 4.78 is 5.12. The fourth-order valence-electron chi connectivity index (χ4n) is 6.56. The van der Waals surface area contributed by atoms with Crippen molar-refractivity contribution in [2.45, 2.75) is 24.5 Å². The van der Waals surface area contributed by atoms with Crippen molar-refractivity contribution in [1.82, 2.24) is 4.90 Å². The van der Waals surface area contributed by atoms with Crippen LogP contribution in [-0.2, 0) is 20.8 Å². The molecule has 2 aromatic rings. The zero-order chi connectivity index (χ0) is 32.2. The number of rotatable bonds is 6. The van der Waals surface area contributed by atoms with Gasteiger partial charge in [0.15, 0.2) is 11.4 Å². The molecular formula is C31H35N5O8. The molecule has 1 fully saturated rings. The van der Waals surface area contributed by atoms with E-state index in [1.54, 1.807) is 68.3 Å². The molecule has 0 bridgehead atoms. The molecule has 3 amide bonds. The molecule has 0 spiro atoms. The molecule has 2 aromatic carbocycles. The molecule has 3 aliphatic carbocycles. The number of ketones is 2. The van der Waals surface area contributed by atoms with Crippen LogP contribution in [0.1, 0.15) is 17.5 Å². The van der Waals surface area contributed by atoms with Gasteiger partial charge in [-0.1, -0.05) is 6.08 Å². The van der Waals surface area contributed by atoms with Crippen LogP contribution in [0.25, 0.3) is 5.76 Å². The number of benzene rings is 2. The van der Waals surface area contributed by atoms with Crippen molar-refractivity contribution in [3.8, 4) is 11.5 Å². The number of nitrogens with zero attached hydrogens (tertiary/aromatic N) is 2. The number of phenolic OH excluding ortho intramolecular Hbond substituents is 1. The first-order valence-corrected chi connectivity index (χ1v) is 13.9. The maximum Gasteiger partial charge on any atom is 0.323 e. The predicted octanol–water partition coefficient (Wildman–Crippen LogP) is 1.80. The van der Waals surface area contributed by atoms with E-state index in [2.05, 4.69) is 10.6 Å². The van der Waals surface area contributed by atoms with Crippen LogP contribution in [0, 0.1) is 11.8 Å². The molecular weight excluding hydrogens is 570 g/mol. The molecule has 7 N–H and O–H groups in total. The molecule has 232 valence electrons. The van der Waals surface area contributed by atoms with E-state index in [0.29, 0.717) is 22.7 Å². The summed E-state index contributed by atoms with van der Waals surface area (Å²) >= 11 is 0. The number of hydrogen-bond donors (Lipinski definition) is 6. The number of urea groups is 1. The number of carbonyl (C=O) groups is 4. The van der Waals surface area contributed by atoms with Crippen LogP contribution >= 0.6 is 0 Å². The van der Waals surface area contributed by atoms with Crippen molar-refractivity contribution in [3.63, 3.8) is 0 Å². The van der Waals surface area contributed by atoms with Crippen molar-refractivity contribution in [2.24, 2.45) is 17.6 Å². The van der Waals surface area contributed by atoms with E-state index in [0.717, 1.165) is 0 Å². The number of hydrogen-bond acceptors (Lipinski definition) is 10. The maximum absolute atomic E-state index is 14.1. The Hall–Kier alpha value is -4.88. The van der Waals surface area contributed by atoms with Gasteiger partial charge >= 0.3 is 6.03 Å². The molecule has 5 rings (SSSR count). The number of methoxy groups -OCH3 is 1. The van der Waals surface area contributed by atoms with Gasteiger partial charge in [0, 0.05) is 43.0 Å². The lowest BCUT2D eigenvalue weighted by Gasteiger charge is -2.49. The minimum atomic E-state index is -2.65. The second kappa shape index (κ2) is 11.0. The summed E-state index contributed by atoms with van der Waals surface area (Å²) in [6.07, 6.45) is 1.69. The van der Waals surface area contributed by atoms with Crippen LogP contribution in [0.3, 0.4) is 0 Å². The number of primary amides is 1. The second-order valence-corrected chi connectivity index (χ2v) is 11.7. The van der Waals surface area contributed by atoms with Gasteiger partial charge in [-0.25, -0.2) is 4.79 Å². The number of carbonyl (C=O) groups excluding carboxylic acids is 4. The van der Waals surface area contributed by atoms with E-state index in [4.69, 9.17) is 10.5 Å². The van der Waals surface area contributed by atoms with Crippen LogP contribution in [0.4, 0.5) is 21.9 Å². The zero-order valence-corrected chi connectivity index (χ0v) is 25.0. The fraction of sp³-hybridized carbons (Fsp3) is 0.355. The topological polar surface area (TPSA) is 195 Å². The zero-order valence-electron chi connectivity index (χ0n) is 25.0. The van der Waals surface area contributed by atoms with Gasteiger partial charge in [0.1, 0.15) is 11.5 Å². The molecule has 44 heavy (non-hydrogen) atoms. The van der Waals surface area contributed by atoms with Gasteiger partial charge < -0.3 is 46.2 Å². The maximum atomic E-state index is 14.1. The molecule has 0 saturated heterocycles. The van der Waals surface area contributed by atoms with Crippen molar-refractivity contribution >= 4 is 46.3 Å². The van der Waals surface area contributed by atoms with E-state index in [9.17, 15) is 34.5 Å². The lowest BCUT2D eigenvalue weighted by atomic mass is 9.57. The van der Waals surface area contributed by atoms with Crippen molar-refractivity contribution in [3.05, 3.63) is 58.7 Å². The Morgan fingerprint density at radius 2 is 1.70 bits per heavy atom. The van der Waals surface area contributed by atoms with Gasteiger partial charge in [-0.05, 0) is 68.8 Å².